The van der Waals surface area contributed by atoms with Gasteiger partial charge in [0.2, 0.25) is 0 Å². The second-order valence-corrected chi connectivity index (χ2v) is 4.69. The van der Waals surface area contributed by atoms with E-state index in [9.17, 15) is 4.79 Å². The van der Waals surface area contributed by atoms with Crippen molar-refractivity contribution in [1.29, 1.82) is 0 Å². The van der Waals surface area contributed by atoms with Crippen molar-refractivity contribution in [2.75, 3.05) is 13.6 Å². The number of carbonyl (C=O) groups excluding carboxylic acids is 1. The Labute approximate surface area is 98.9 Å². The Morgan fingerprint density at radius 1 is 1.38 bits per heavy atom. The van der Waals surface area contributed by atoms with E-state index in [1.807, 2.05) is 7.05 Å². The molecule has 2 atom stereocenters. The molecule has 0 bridgehead atoms. The summed E-state index contributed by atoms with van der Waals surface area (Å²) in [5.74, 6) is 0.586. The second kappa shape index (κ2) is 7.66. The van der Waals surface area contributed by atoms with Crippen LogP contribution in [0.5, 0.6) is 0 Å². The van der Waals surface area contributed by atoms with Gasteiger partial charge in [0.1, 0.15) is 6.10 Å². The molecule has 3 nitrogen and oxygen atoms in total. The number of ether oxygens (including phenoxy) is 1. The molecule has 0 heterocycles. The minimum Gasteiger partial charge on any atom is -0.462 e. The molecule has 0 aromatic rings. The normalized spacial score (nSPS) is 25.4. The van der Waals surface area contributed by atoms with Crippen molar-refractivity contribution in [2.24, 2.45) is 5.92 Å². The molecule has 1 fully saturated rings. The molecule has 16 heavy (non-hydrogen) atoms. The van der Waals surface area contributed by atoms with Gasteiger partial charge in [-0.25, -0.2) is 0 Å². The van der Waals surface area contributed by atoms with Crippen LogP contribution >= 0.6 is 0 Å². The molecule has 94 valence electrons. The Morgan fingerprint density at radius 2 is 2.12 bits per heavy atom. The van der Waals surface area contributed by atoms with E-state index in [1.165, 1.54) is 19.3 Å². The maximum absolute atomic E-state index is 11.6. The van der Waals surface area contributed by atoms with E-state index in [1.54, 1.807) is 0 Å². The highest BCUT2D eigenvalue weighted by molar-refractivity contribution is 5.69. The molecule has 0 aliphatic heterocycles. The smallest absolute Gasteiger partial charge is 0.306 e. The van der Waals surface area contributed by atoms with Gasteiger partial charge >= 0.3 is 5.97 Å². The number of carbonyl (C=O) groups is 1. The van der Waals surface area contributed by atoms with Crippen LogP contribution in [-0.4, -0.2) is 25.7 Å². The lowest BCUT2D eigenvalue weighted by molar-refractivity contribution is -0.153. The summed E-state index contributed by atoms with van der Waals surface area (Å²) in [5, 5.41) is 3.04. The first-order valence-corrected chi connectivity index (χ1v) is 6.62. The Balaban J connectivity index is 2.25. The van der Waals surface area contributed by atoms with Crippen LogP contribution in [0.1, 0.15) is 51.9 Å². The van der Waals surface area contributed by atoms with Crippen LogP contribution in [0.2, 0.25) is 0 Å². The molecule has 3 heteroatoms. The van der Waals surface area contributed by atoms with E-state index in [2.05, 4.69) is 12.2 Å². The van der Waals surface area contributed by atoms with E-state index >= 15 is 0 Å². The Hall–Kier alpha value is -0.570. The van der Waals surface area contributed by atoms with Gasteiger partial charge in [-0.3, -0.25) is 4.79 Å². The van der Waals surface area contributed by atoms with Gasteiger partial charge in [-0.2, -0.15) is 0 Å². The molecule has 0 saturated heterocycles. The van der Waals surface area contributed by atoms with E-state index in [0.29, 0.717) is 12.3 Å². The Bertz CT molecular complexity index is 206. The minimum absolute atomic E-state index is 0.0133. The Kier molecular flexibility index (Phi) is 6.46. The molecule has 1 aliphatic rings. The number of nitrogens with one attached hydrogen (secondary N) is 1. The number of hydrogen-bond acceptors (Lipinski definition) is 3. The van der Waals surface area contributed by atoms with Crippen molar-refractivity contribution in [3.05, 3.63) is 0 Å². The Morgan fingerprint density at radius 3 is 2.81 bits per heavy atom. The minimum atomic E-state index is -0.0133. The van der Waals surface area contributed by atoms with Crippen LogP contribution in [0.3, 0.4) is 0 Å². The summed E-state index contributed by atoms with van der Waals surface area (Å²) in [6, 6.07) is 0. The molecule has 1 N–H and O–H groups in total. The number of esters is 1. The predicted molar refractivity (Wildman–Crippen MR) is 65.3 cm³/mol. The lowest BCUT2D eigenvalue weighted by Crippen LogP contribution is -2.29. The molecule has 1 rings (SSSR count). The fourth-order valence-electron chi connectivity index (χ4n) is 2.43. The largest absolute Gasteiger partial charge is 0.462 e. The fraction of sp³-hybridized carbons (Fsp3) is 0.923. The average Bonchev–Trinajstić information content (AvgIpc) is 2.30. The summed E-state index contributed by atoms with van der Waals surface area (Å²) in [7, 11) is 1.90. The quantitative estimate of drug-likeness (QED) is 0.559. The van der Waals surface area contributed by atoms with E-state index < -0.39 is 0 Å². The molecular formula is C13H25NO2. The number of hydrogen-bond donors (Lipinski definition) is 1. The van der Waals surface area contributed by atoms with E-state index in [0.717, 1.165) is 25.8 Å². The molecule has 2 unspecified atom stereocenters. The van der Waals surface area contributed by atoms with Crippen molar-refractivity contribution in [3.8, 4) is 0 Å². The summed E-state index contributed by atoms with van der Waals surface area (Å²) in [4.78, 5) is 11.6. The van der Waals surface area contributed by atoms with Crippen LogP contribution in [0.15, 0.2) is 0 Å². The van der Waals surface area contributed by atoms with Gasteiger partial charge in [0.05, 0.1) is 0 Å². The third kappa shape index (κ3) is 4.52. The van der Waals surface area contributed by atoms with Gasteiger partial charge in [0, 0.05) is 6.42 Å². The molecule has 1 aliphatic carbocycles. The SMILES string of the molecule is CCC1CCCCC1OC(=O)CCCNC. The summed E-state index contributed by atoms with van der Waals surface area (Å²) in [5.41, 5.74) is 0. The maximum atomic E-state index is 11.6. The van der Waals surface area contributed by atoms with Gasteiger partial charge in [-0.15, -0.1) is 0 Å². The van der Waals surface area contributed by atoms with E-state index in [4.69, 9.17) is 4.74 Å². The molecule has 0 amide bonds. The molecular weight excluding hydrogens is 202 g/mol. The van der Waals surface area contributed by atoms with Crippen molar-refractivity contribution in [2.45, 2.75) is 58.0 Å². The molecule has 1 saturated carbocycles. The van der Waals surface area contributed by atoms with Crippen LogP contribution in [-0.2, 0) is 9.53 Å². The molecule has 0 radical (unpaired) electrons. The monoisotopic (exact) mass is 227 g/mol. The highest BCUT2D eigenvalue weighted by Gasteiger charge is 2.26. The first-order valence-electron chi connectivity index (χ1n) is 6.62. The summed E-state index contributed by atoms with van der Waals surface area (Å²) >= 11 is 0. The second-order valence-electron chi connectivity index (χ2n) is 4.69. The summed E-state index contributed by atoms with van der Waals surface area (Å²) < 4.78 is 5.57. The predicted octanol–water partition coefficient (Wildman–Crippen LogP) is 2.50. The van der Waals surface area contributed by atoms with Crippen LogP contribution < -0.4 is 5.32 Å². The zero-order valence-electron chi connectivity index (χ0n) is 10.6. The first-order chi connectivity index (χ1) is 7.77. The third-order valence-corrected chi connectivity index (χ3v) is 3.45. The van der Waals surface area contributed by atoms with Gasteiger partial charge in [-0.05, 0) is 51.6 Å². The van der Waals surface area contributed by atoms with Crippen LogP contribution in [0.25, 0.3) is 0 Å². The highest BCUT2D eigenvalue weighted by atomic mass is 16.5. The van der Waals surface area contributed by atoms with Crippen molar-refractivity contribution >= 4 is 5.97 Å². The van der Waals surface area contributed by atoms with Crippen molar-refractivity contribution < 1.29 is 9.53 Å². The molecule has 0 spiro atoms. The fourth-order valence-corrected chi connectivity index (χ4v) is 2.43. The summed E-state index contributed by atoms with van der Waals surface area (Å²) in [6.07, 6.45) is 7.56. The van der Waals surface area contributed by atoms with Crippen LogP contribution in [0, 0.1) is 5.92 Å². The number of rotatable bonds is 6. The van der Waals surface area contributed by atoms with Crippen LogP contribution in [0.4, 0.5) is 0 Å². The van der Waals surface area contributed by atoms with Gasteiger partial charge in [0.25, 0.3) is 0 Å². The highest BCUT2D eigenvalue weighted by Crippen LogP contribution is 2.29. The molecule has 0 aromatic carbocycles. The van der Waals surface area contributed by atoms with Gasteiger partial charge < -0.3 is 10.1 Å². The van der Waals surface area contributed by atoms with Crippen molar-refractivity contribution in [1.82, 2.24) is 5.32 Å². The first kappa shape index (κ1) is 13.5. The molecule has 0 aromatic heterocycles. The lowest BCUT2D eigenvalue weighted by Gasteiger charge is -2.30. The zero-order valence-corrected chi connectivity index (χ0v) is 10.6. The van der Waals surface area contributed by atoms with Gasteiger partial charge in [-0.1, -0.05) is 13.3 Å². The zero-order chi connectivity index (χ0) is 11.8. The average molecular weight is 227 g/mol. The standard InChI is InChI=1S/C13H25NO2/c1-3-11-7-4-5-8-12(11)16-13(15)9-6-10-14-2/h11-12,14H,3-10H2,1-2H3. The van der Waals surface area contributed by atoms with Gasteiger partial charge in [0.15, 0.2) is 0 Å². The van der Waals surface area contributed by atoms with Crippen molar-refractivity contribution in [3.63, 3.8) is 0 Å². The topological polar surface area (TPSA) is 38.3 Å². The maximum Gasteiger partial charge on any atom is 0.306 e. The summed E-state index contributed by atoms with van der Waals surface area (Å²) in [6.45, 7) is 3.08. The third-order valence-electron chi connectivity index (χ3n) is 3.45. The lowest BCUT2D eigenvalue weighted by atomic mass is 9.85. The van der Waals surface area contributed by atoms with E-state index in [-0.39, 0.29) is 12.1 Å².